The highest BCUT2D eigenvalue weighted by Crippen LogP contribution is 2.44. The summed E-state index contributed by atoms with van der Waals surface area (Å²) in [6, 6.07) is 29.7. The molecule has 0 fully saturated rings. The lowest BCUT2D eigenvalue weighted by molar-refractivity contribution is 1.23. The highest BCUT2D eigenvalue weighted by atomic mass is 32.2. The number of thioether (sulfide) groups is 1. The molecule has 112 valence electrons. The molecule has 1 nitrogen and oxygen atoms in total. The Morgan fingerprint density at radius 1 is 0.696 bits per heavy atom. The van der Waals surface area contributed by atoms with Gasteiger partial charge in [0.05, 0.1) is 10.9 Å². The quantitative estimate of drug-likeness (QED) is 0.623. The number of nitrogens with one attached hydrogen (secondary N) is 1. The summed E-state index contributed by atoms with van der Waals surface area (Å²) in [4.78, 5) is 1.28. The standard InChI is InChI=1S/C21H17NS/c1-3-9-16(10-4-1)19-15-21(17-11-5-2-6-12-17)23-20-14-8-7-13-18(20)22-19/h1-15,21-22H/t21-/m1/s1. The molecular formula is C21H17NS. The van der Waals surface area contributed by atoms with Crippen LogP contribution in [0, 0.1) is 0 Å². The first kappa shape index (κ1) is 14.2. The molecule has 0 amide bonds. The van der Waals surface area contributed by atoms with Crippen LogP contribution in [0.2, 0.25) is 0 Å². The Hall–Kier alpha value is -2.45. The van der Waals surface area contributed by atoms with Crippen LogP contribution < -0.4 is 5.32 Å². The van der Waals surface area contributed by atoms with E-state index >= 15 is 0 Å². The minimum Gasteiger partial charge on any atom is -0.354 e. The van der Waals surface area contributed by atoms with Crippen LogP contribution in [0.4, 0.5) is 5.69 Å². The van der Waals surface area contributed by atoms with Gasteiger partial charge in [0.1, 0.15) is 0 Å². The maximum Gasteiger partial charge on any atom is 0.0548 e. The Labute approximate surface area is 141 Å². The zero-order valence-electron chi connectivity index (χ0n) is 12.6. The monoisotopic (exact) mass is 315 g/mol. The van der Waals surface area contributed by atoms with Crippen LogP contribution in [0.25, 0.3) is 5.70 Å². The van der Waals surface area contributed by atoms with Crippen LogP contribution in [0.5, 0.6) is 0 Å². The average molecular weight is 315 g/mol. The summed E-state index contributed by atoms with van der Waals surface area (Å²) in [5.41, 5.74) is 4.87. The van der Waals surface area contributed by atoms with E-state index in [1.54, 1.807) is 0 Å². The summed E-state index contributed by atoms with van der Waals surface area (Å²) in [5.74, 6) is 0. The van der Waals surface area contributed by atoms with Gasteiger partial charge >= 0.3 is 0 Å². The second-order valence-corrected chi connectivity index (χ2v) is 6.70. The van der Waals surface area contributed by atoms with E-state index in [1.807, 2.05) is 11.8 Å². The van der Waals surface area contributed by atoms with E-state index in [2.05, 4.69) is 96.3 Å². The molecule has 1 N–H and O–H groups in total. The van der Waals surface area contributed by atoms with Gasteiger partial charge < -0.3 is 5.32 Å². The summed E-state index contributed by atoms with van der Waals surface area (Å²) in [6.45, 7) is 0. The minimum absolute atomic E-state index is 0.294. The second kappa shape index (κ2) is 6.35. The number of benzene rings is 3. The molecule has 23 heavy (non-hydrogen) atoms. The van der Waals surface area contributed by atoms with Crippen molar-refractivity contribution in [3.8, 4) is 0 Å². The van der Waals surface area contributed by atoms with Gasteiger partial charge in [0.15, 0.2) is 0 Å². The van der Waals surface area contributed by atoms with Crippen LogP contribution >= 0.6 is 11.8 Å². The summed E-state index contributed by atoms with van der Waals surface area (Å²) >= 11 is 1.89. The fraction of sp³-hybridized carbons (Fsp3) is 0.0476. The number of hydrogen-bond donors (Lipinski definition) is 1. The zero-order valence-corrected chi connectivity index (χ0v) is 13.5. The topological polar surface area (TPSA) is 12.0 Å². The number of anilines is 1. The zero-order chi connectivity index (χ0) is 15.5. The second-order valence-electron chi connectivity index (χ2n) is 5.52. The van der Waals surface area contributed by atoms with Gasteiger partial charge in [0.25, 0.3) is 0 Å². The summed E-state index contributed by atoms with van der Waals surface area (Å²) in [6.07, 6.45) is 2.33. The maximum absolute atomic E-state index is 3.62. The molecule has 0 unspecified atom stereocenters. The lowest BCUT2D eigenvalue weighted by Gasteiger charge is -2.12. The highest BCUT2D eigenvalue weighted by molar-refractivity contribution is 7.99. The van der Waals surface area contributed by atoms with Crippen molar-refractivity contribution >= 4 is 23.1 Å². The molecule has 2 heteroatoms. The maximum atomic E-state index is 3.62. The van der Waals surface area contributed by atoms with Crippen LogP contribution in [-0.4, -0.2) is 0 Å². The predicted molar refractivity (Wildman–Crippen MR) is 99.5 cm³/mol. The predicted octanol–water partition coefficient (Wildman–Crippen LogP) is 5.99. The first-order valence-electron chi connectivity index (χ1n) is 7.75. The van der Waals surface area contributed by atoms with Gasteiger partial charge in [-0.3, -0.25) is 0 Å². The molecule has 0 saturated carbocycles. The van der Waals surface area contributed by atoms with Crippen molar-refractivity contribution in [3.05, 3.63) is 102 Å². The minimum atomic E-state index is 0.294. The fourth-order valence-electron chi connectivity index (χ4n) is 2.77. The van der Waals surface area contributed by atoms with Gasteiger partial charge in [-0.1, -0.05) is 72.8 Å². The van der Waals surface area contributed by atoms with Gasteiger partial charge in [-0.05, 0) is 29.3 Å². The highest BCUT2D eigenvalue weighted by Gasteiger charge is 2.19. The number of rotatable bonds is 2. The third-order valence-electron chi connectivity index (χ3n) is 3.94. The molecule has 0 saturated heterocycles. The van der Waals surface area contributed by atoms with Crippen LogP contribution in [-0.2, 0) is 0 Å². The fourth-order valence-corrected chi connectivity index (χ4v) is 3.95. The molecule has 0 radical (unpaired) electrons. The average Bonchev–Trinajstić information content (AvgIpc) is 2.83. The molecule has 1 atom stereocenters. The Kier molecular flexibility index (Phi) is 3.91. The first-order valence-corrected chi connectivity index (χ1v) is 8.63. The molecule has 1 aliphatic rings. The van der Waals surface area contributed by atoms with E-state index in [1.165, 1.54) is 21.7 Å². The van der Waals surface area contributed by atoms with Gasteiger partial charge in [-0.25, -0.2) is 0 Å². The number of para-hydroxylation sites is 1. The Bertz CT molecular complexity index is 825. The molecule has 0 aliphatic carbocycles. The third-order valence-corrected chi connectivity index (χ3v) is 5.21. The SMILES string of the molecule is C1=C(c2ccccc2)Nc2ccccc2S[C@H]1c1ccccc1. The van der Waals surface area contributed by atoms with Gasteiger partial charge in [-0.2, -0.15) is 0 Å². The lowest BCUT2D eigenvalue weighted by atomic mass is 10.1. The molecule has 0 aromatic heterocycles. The molecule has 1 aliphatic heterocycles. The summed E-state index contributed by atoms with van der Waals surface area (Å²) in [5, 5.41) is 3.91. The molecular weight excluding hydrogens is 298 g/mol. The van der Waals surface area contributed by atoms with Gasteiger partial charge in [0, 0.05) is 10.6 Å². The molecule has 4 rings (SSSR count). The van der Waals surface area contributed by atoms with Crippen molar-refractivity contribution < 1.29 is 0 Å². The van der Waals surface area contributed by atoms with Crippen molar-refractivity contribution in [1.29, 1.82) is 0 Å². The third kappa shape index (κ3) is 3.03. The normalized spacial score (nSPS) is 16.7. The Balaban J connectivity index is 1.82. The first-order chi connectivity index (χ1) is 11.4. The van der Waals surface area contributed by atoms with E-state index in [-0.39, 0.29) is 0 Å². The summed E-state index contributed by atoms with van der Waals surface area (Å²) < 4.78 is 0. The van der Waals surface area contributed by atoms with E-state index in [4.69, 9.17) is 0 Å². The largest absolute Gasteiger partial charge is 0.354 e. The van der Waals surface area contributed by atoms with Gasteiger partial charge in [0.2, 0.25) is 0 Å². The van der Waals surface area contributed by atoms with Crippen molar-refractivity contribution in [2.75, 3.05) is 5.32 Å². The van der Waals surface area contributed by atoms with Crippen molar-refractivity contribution in [2.45, 2.75) is 10.1 Å². The van der Waals surface area contributed by atoms with E-state index in [9.17, 15) is 0 Å². The molecule has 0 bridgehead atoms. The Morgan fingerprint density at radius 3 is 2.13 bits per heavy atom. The molecule has 3 aromatic carbocycles. The van der Waals surface area contributed by atoms with Crippen LogP contribution in [0.3, 0.4) is 0 Å². The van der Waals surface area contributed by atoms with Crippen molar-refractivity contribution in [2.24, 2.45) is 0 Å². The smallest absolute Gasteiger partial charge is 0.0548 e. The Morgan fingerprint density at radius 2 is 1.35 bits per heavy atom. The number of hydrogen-bond acceptors (Lipinski definition) is 2. The van der Waals surface area contributed by atoms with Crippen LogP contribution in [0.1, 0.15) is 16.4 Å². The molecule has 3 aromatic rings. The van der Waals surface area contributed by atoms with Gasteiger partial charge in [-0.15, -0.1) is 11.8 Å². The summed E-state index contributed by atoms with van der Waals surface area (Å²) in [7, 11) is 0. The number of fused-ring (bicyclic) bond motifs is 1. The van der Waals surface area contributed by atoms with Crippen molar-refractivity contribution in [3.63, 3.8) is 0 Å². The molecule has 1 heterocycles. The van der Waals surface area contributed by atoms with Crippen molar-refractivity contribution in [1.82, 2.24) is 0 Å². The van der Waals surface area contributed by atoms with E-state index in [0.717, 1.165) is 5.70 Å². The van der Waals surface area contributed by atoms with E-state index < -0.39 is 0 Å². The lowest BCUT2D eigenvalue weighted by Crippen LogP contribution is -1.99. The van der Waals surface area contributed by atoms with Crippen LogP contribution in [0.15, 0.2) is 95.9 Å². The molecule has 0 spiro atoms. The van der Waals surface area contributed by atoms with E-state index in [0.29, 0.717) is 5.25 Å².